The molecule has 3 rings (SSSR count). The maximum atomic E-state index is 6.16. The first-order chi connectivity index (χ1) is 8.75. The Morgan fingerprint density at radius 3 is 3.00 bits per heavy atom. The maximum absolute atomic E-state index is 6.16. The predicted molar refractivity (Wildman–Crippen MR) is 74.9 cm³/mol. The van der Waals surface area contributed by atoms with Crippen molar-refractivity contribution in [1.29, 1.82) is 0 Å². The topological polar surface area (TPSA) is 38.5 Å². The SMILES string of the molecule is Cc1ccc(N)c(N2CCOC3CCCCC32)c1. The third-order valence-electron chi connectivity index (χ3n) is 4.23. The lowest BCUT2D eigenvalue weighted by Gasteiger charge is -2.45. The van der Waals surface area contributed by atoms with E-state index in [0.717, 1.165) is 18.8 Å². The summed E-state index contributed by atoms with van der Waals surface area (Å²) in [6, 6.07) is 6.85. The third-order valence-corrected chi connectivity index (χ3v) is 4.23. The van der Waals surface area contributed by atoms with Crippen molar-refractivity contribution >= 4 is 11.4 Å². The Bertz CT molecular complexity index is 431. The van der Waals surface area contributed by atoms with Crippen LogP contribution in [0.2, 0.25) is 0 Å². The molecule has 1 aliphatic heterocycles. The molecule has 2 aliphatic rings. The molecular formula is C15H22N2O. The van der Waals surface area contributed by atoms with E-state index < -0.39 is 0 Å². The number of hydrogen-bond acceptors (Lipinski definition) is 3. The van der Waals surface area contributed by atoms with Gasteiger partial charge in [-0.25, -0.2) is 0 Å². The highest BCUT2D eigenvalue weighted by molar-refractivity contribution is 5.69. The van der Waals surface area contributed by atoms with Crippen LogP contribution in [-0.2, 0) is 4.74 Å². The van der Waals surface area contributed by atoms with E-state index in [2.05, 4.69) is 24.0 Å². The zero-order valence-electron chi connectivity index (χ0n) is 11.1. The van der Waals surface area contributed by atoms with Crippen molar-refractivity contribution in [2.45, 2.75) is 44.8 Å². The fourth-order valence-corrected chi connectivity index (χ4v) is 3.30. The molecule has 18 heavy (non-hydrogen) atoms. The van der Waals surface area contributed by atoms with Crippen molar-refractivity contribution in [1.82, 2.24) is 0 Å². The summed E-state index contributed by atoms with van der Waals surface area (Å²) in [5.41, 5.74) is 9.53. The second kappa shape index (κ2) is 4.81. The summed E-state index contributed by atoms with van der Waals surface area (Å²) in [4.78, 5) is 2.48. The molecular weight excluding hydrogens is 224 g/mol. The van der Waals surface area contributed by atoms with Crippen LogP contribution >= 0.6 is 0 Å². The van der Waals surface area contributed by atoms with Gasteiger partial charge in [0.05, 0.1) is 30.1 Å². The van der Waals surface area contributed by atoms with Crippen LogP contribution in [0.5, 0.6) is 0 Å². The molecule has 0 amide bonds. The Labute approximate surface area is 109 Å². The average molecular weight is 246 g/mol. The number of anilines is 2. The highest BCUT2D eigenvalue weighted by Crippen LogP contribution is 2.34. The molecule has 0 radical (unpaired) electrons. The van der Waals surface area contributed by atoms with Crippen LogP contribution < -0.4 is 10.6 Å². The molecule has 2 atom stereocenters. The molecule has 3 heteroatoms. The van der Waals surface area contributed by atoms with Gasteiger partial charge in [-0.15, -0.1) is 0 Å². The summed E-state index contributed by atoms with van der Waals surface area (Å²) in [6.07, 6.45) is 5.46. The zero-order valence-corrected chi connectivity index (χ0v) is 11.1. The number of benzene rings is 1. The molecule has 1 aromatic carbocycles. The minimum absolute atomic E-state index is 0.410. The van der Waals surface area contributed by atoms with Crippen molar-refractivity contribution in [2.24, 2.45) is 0 Å². The van der Waals surface area contributed by atoms with Crippen molar-refractivity contribution in [3.63, 3.8) is 0 Å². The fourth-order valence-electron chi connectivity index (χ4n) is 3.30. The van der Waals surface area contributed by atoms with E-state index in [4.69, 9.17) is 10.5 Å². The van der Waals surface area contributed by atoms with Crippen LogP contribution in [0.25, 0.3) is 0 Å². The normalized spacial score (nSPS) is 27.9. The van der Waals surface area contributed by atoms with Crippen molar-refractivity contribution < 1.29 is 4.74 Å². The standard InChI is InChI=1S/C15H22N2O/c1-11-6-7-12(16)14(10-11)17-8-9-18-15-5-3-2-4-13(15)17/h6-7,10,13,15H,2-5,8-9,16H2,1H3. The number of hydrogen-bond donors (Lipinski definition) is 1. The van der Waals surface area contributed by atoms with E-state index >= 15 is 0 Å². The molecule has 1 aromatic rings. The summed E-state index contributed by atoms with van der Waals surface area (Å²) >= 11 is 0. The lowest BCUT2D eigenvalue weighted by molar-refractivity contribution is -0.00862. The Hall–Kier alpha value is -1.22. The minimum atomic E-state index is 0.410. The Kier molecular flexibility index (Phi) is 3.16. The lowest BCUT2D eigenvalue weighted by Crippen LogP contribution is -2.53. The number of fused-ring (bicyclic) bond motifs is 1. The second-order valence-corrected chi connectivity index (χ2v) is 5.52. The van der Waals surface area contributed by atoms with E-state index in [1.807, 2.05) is 6.07 Å². The molecule has 0 spiro atoms. The highest BCUT2D eigenvalue weighted by atomic mass is 16.5. The van der Waals surface area contributed by atoms with Gasteiger partial charge in [0.1, 0.15) is 0 Å². The maximum Gasteiger partial charge on any atom is 0.0779 e. The largest absolute Gasteiger partial charge is 0.397 e. The van der Waals surface area contributed by atoms with E-state index in [1.165, 1.54) is 36.9 Å². The number of nitrogens with two attached hydrogens (primary N) is 1. The highest BCUT2D eigenvalue weighted by Gasteiger charge is 2.34. The fraction of sp³-hybridized carbons (Fsp3) is 0.600. The first-order valence-corrected chi connectivity index (χ1v) is 7.00. The summed E-state index contributed by atoms with van der Waals surface area (Å²) in [5, 5.41) is 0. The lowest BCUT2D eigenvalue weighted by atomic mass is 9.89. The Morgan fingerprint density at radius 1 is 1.28 bits per heavy atom. The molecule has 2 N–H and O–H groups in total. The summed E-state index contributed by atoms with van der Waals surface area (Å²) in [6.45, 7) is 3.92. The average Bonchev–Trinajstić information content (AvgIpc) is 2.41. The molecule has 1 aliphatic carbocycles. The van der Waals surface area contributed by atoms with Gasteiger partial charge in [-0.3, -0.25) is 0 Å². The summed E-state index contributed by atoms with van der Waals surface area (Å²) in [5.74, 6) is 0. The molecule has 0 bridgehead atoms. The quantitative estimate of drug-likeness (QED) is 0.774. The van der Waals surface area contributed by atoms with Gasteiger partial charge < -0.3 is 15.4 Å². The van der Waals surface area contributed by atoms with Gasteiger partial charge in [-0.05, 0) is 37.5 Å². The molecule has 98 valence electrons. The van der Waals surface area contributed by atoms with E-state index in [-0.39, 0.29) is 0 Å². The summed E-state index contributed by atoms with van der Waals surface area (Å²) < 4.78 is 5.92. The van der Waals surface area contributed by atoms with Crippen LogP contribution in [0.3, 0.4) is 0 Å². The van der Waals surface area contributed by atoms with Gasteiger partial charge in [0.25, 0.3) is 0 Å². The van der Waals surface area contributed by atoms with Crippen molar-refractivity contribution in [3.8, 4) is 0 Å². The number of aryl methyl sites for hydroxylation is 1. The zero-order chi connectivity index (χ0) is 12.5. The van der Waals surface area contributed by atoms with E-state index in [1.54, 1.807) is 0 Å². The van der Waals surface area contributed by atoms with Gasteiger partial charge >= 0.3 is 0 Å². The number of nitrogen functional groups attached to an aromatic ring is 1. The number of ether oxygens (including phenoxy) is 1. The number of morpholine rings is 1. The molecule has 2 fully saturated rings. The molecule has 1 heterocycles. The van der Waals surface area contributed by atoms with Gasteiger partial charge in [0, 0.05) is 6.54 Å². The Morgan fingerprint density at radius 2 is 2.11 bits per heavy atom. The van der Waals surface area contributed by atoms with E-state index in [9.17, 15) is 0 Å². The van der Waals surface area contributed by atoms with Crippen LogP contribution in [0, 0.1) is 6.92 Å². The molecule has 3 nitrogen and oxygen atoms in total. The first kappa shape index (κ1) is 11.8. The molecule has 0 aromatic heterocycles. The van der Waals surface area contributed by atoms with Gasteiger partial charge in [0.2, 0.25) is 0 Å². The predicted octanol–water partition coefficient (Wildman–Crippen LogP) is 2.73. The second-order valence-electron chi connectivity index (χ2n) is 5.52. The third kappa shape index (κ3) is 2.07. The molecule has 1 saturated carbocycles. The molecule has 1 saturated heterocycles. The van der Waals surface area contributed by atoms with Crippen LogP contribution in [0.15, 0.2) is 18.2 Å². The van der Waals surface area contributed by atoms with Gasteiger partial charge in [0.15, 0.2) is 0 Å². The number of rotatable bonds is 1. The van der Waals surface area contributed by atoms with Gasteiger partial charge in [-0.1, -0.05) is 18.9 Å². The van der Waals surface area contributed by atoms with E-state index in [0.29, 0.717) is 12.1 Å². The molecule has 2 unspecified atom stereocenters. The smallest absolute Gasteiger partial charge is 0.0779 e. The van der Waals surface area contributed by atoms with Gasteiger partial charge in [-0.2, -0.15) is 0 Å². The van der Waals surface area contributed by atoms with Crippen LogP contribution in [0.1, 0.15) is 31.2 Å². The number of nitrogens with zero attached hydrogens (tertiary/aromatic N) is 1. The van der Waals surface area contributed by atoms with Crippen molar-refractivity contribution in [3.05, 3.63) is 23.8 Å². The minimum Gasteiger partial charge on any atom is -0.397 e. The first-order valence-electron chi connectivity index (χ1n) is 7.00. The van der Waals surface area contributed by atoms with Crippen LogP contribution in [0.4, 0.5) is 11.4 Å². The van der Waals surface area contributed by atoms with Crippen molar-refractivity contribution in [2.75, 3.05) is 23.8 Å². The van der Waals surface area contributed by atoms with Crippen LogP contribution in [-0.4, -0.2) is 25.3 Å². The monoisotopic (exact) mass is 246 g/mol. The summed E-state index contributed by atoms with van der Waals surface area (Å²) in [7, 11) is 0. The Balaban J connectivity index is 1.91.